The third-order valence-electron chi connectivity index (χ3n) is 4.14. The molecule has 0 spiro atoms. The van der Waals surface area contributed by atoms with Gasteiger partial charge in [-0.25, -0.2) is 9.78 Å². The SMILES string of the molecule is Cc1nc2c(c(=O)n1Cc1cccc(C(=O)O)c1)CCCC2. The third kappa shape index (κ3) is 2.66. The van der Waals surface area contributed by atoms with Crippen molar-refractivity contribution < 1.29 is 9.90 Å². The average molecular weight is 298 g/mol. The minimum Gasteiger partial charge on any atom is -0.478 e. The van der Waals surface area contributed by atoms with Crippen molar-refractivity contribution in [3.63, 3.8) is 0 Å². The molecule has 1 aromatic heterocycles. The van der Waals surface area contributed by atoms with Gasteiger partial charge in [0.1, 0.15) is 5.82 Å². The van der Waals surface area contributed by atoms with Crippen molar-refractivity contribution in [1.82, 2.24) is 9.55 Å². The Morgan fingerprint density at radius 1 is 1.32 bits per heavy atom. The van der Waals surface area contributed by atoms with Crippen molar-refractivity contribution in [1.29, 1.82) is 0 Å². The van der Waals surface area contributed by atoms with Crippen molar-refractivity contribution in [2.45, 2.75) is 39.2 Å². The first-order valence-corrected chi connectivity index (χ1v) is 7.47. The lowest BCUT2D eigenvalue weighted by atomic mass is 9.97. The van der Waals surface area contributed by atoms with Crippen LogP contribution in [0, 0.1) is 6.92 Å². The molecule has 1 aliphatic rings. The lowest BCUT2D eigenvalue weighted by Crippen LogP contribution is -2.31. The van der Waals surface area contributed by atoms with E-state index in [1.54, 1.807) is 22.8 Å². The van der Waals surface area contributed by atoms with Crippen LogP contribution >= 0.6 is 0 Å². The number of carboxylic acids is 1. The molecule has 0 radical (unpaired) electrons. The average Bonchev–Trinajstić information content (AvgIpc) is 2.52. The molecule has 0 saturated carbocycles. The number of aryl methyl sites for hydroxylation is 2. The molecule has 0 amide bonds. The second kappa shape index (κ2) is 5.75. The number of benzene rings is 1. The number of nitrogens with zero attached hydrogens (tertiary/aromatic N) is 2. The lowest BCUT2D eigenvalue weighted by molar-refractivity contribution is 0.0696. The number of carbonyl (C=O) groups is 1. The van der Waals surface area contributed by atoms with Gasteiger partial charge in [0.25, 0.3) is 5.56 Å². The van der Waals surface area contributed by atoms with Crippen LogP contribution in [0.2, 0.25) is 0 Å². The van der Waals surface area contributed by atoms with Gasteiger partial charge in [-0.1, -0.05) is 12.1 Å². The van der Waals surface area contributed by atoms with Crippen LogP contribution in [0.1, 0.15) is 45.8 Å². The van der Waals surface area contributed by atoms with E-state index in [0.717, 1.165) is 42.5 Å². The van der Waals surface area contributed by atoms with Crippen LogP contribution in [0.3, 0.4) is 0 Å². The summed E-state index contributed by atoms with van der Waals surface area (Å²) in [6, 6.07) is 6.68. The van der Waals surface area contributed by atoms with E-state index in [1.165, 1.54) is 0 Å². The summed E-state index contributed by atoms with van der Waals surface area (Å²) in [7, 11) is 0. The normalized spacial score (nSPS) is 13.7. The van der Waals surface area contributed by atoms with Crippen molar-refractivity contribution in [3.05, 3.63) is 62.8 Å². The second-order valence-electron chi connectivity index (χ2n) is 5.69. The van der Waals surface area contributed by atoms with Crippen LogP contribution in [0.4, 0.5) is 0 Å². The molecule has 1 aromatic carbocycles. The van der Waals surface area contributed by atoms with E-state index in [1.807, 2.05) is 13.0 Å². The Morgan fingerprint density at radius 2 is 2.09 bits per heavy atom. The Balaban J connectivity index is 2.01. The van der Waals surface area contributed by atoms with E-state index in [9.17, 15) is 9.59 Å². The molecule has 0 unspecified atom stereocenters. The molecule has 22 heavy (non-hydrogen) atoms. The molecule has 5 nitrogen and oxygen atoms in total. The van der Waals surface area contributed by atoms with Crippen molar-refractivity contribution >= 4 is 5.97 Å². The summed E-state index contributed by atoms with van der Waals surface area (Å²) in [5, 5.41) is 9.06. The number of aromatic carboxylic acids is 1. The summed E-state index contributed by atoms with van der Waals surface area (Å²) in [4.78, 5) is 28.3. The molecule has 0 aliphatic heterocycles. The minimum absolute atomic E-state index is 0.0166. The fraction of sp³-hybridized carbons (Fsp3) is 0.353. The fourth-order valence-corrected chi connectivity index (χ4v) is 2.98. The van der Waals surface area contributed by atoms with Crippen LogP contribution in [0.15, 0.2) is 29.1 Å². The molecular weight excluding hydrogens is 280 g/mol. The van der Waals surface area contributed by atoms with E-state index in [4.69, 9.17) is 5.11 Å². The van der Waals surface area contributed by atoms with Crippen LogP contribution in [0.25, 0.3) is 0 Å². The summed E-state index contributed by atoms with van der Waals surface area (Å²) in [6.07, 6.45) is 3.78. The zero-order valence-corrected chi connectivity index (χ0v) is 12.5. The maximum atomic E-state index is 12.7. The van der Waals surface area contributed by atoms with E-state index in [-0.39, 0.29) is 11.1 Å². The van der Waals surface area contributed by atoms with E-state index in [2.05, 4.69) is 4.98 Å². The molecule has 1 heterocycles. The Labute approximate surface area is 128 Å². The standard InChI is InChI=1S/C17H18N2O3/c1-11-18-15-8-3-2-7-14(15)16(20)19(11)10-12-5-4-6-13(9-12)17(21)22/h4-6,9H,2-3,7-8,10H2,1H3,(H,21,22). The topological polar surface area (TPSA) is 72.2 Å². The first-order valence-electron chi connectivity index (χ1n) is 7.47. The van der Waals surface area contributed by atoms with Gasteiger partial charge in [-0.3, -0.25) is 9.36 Å². The highest BCUT2D eigenvalue weighted by Gasteiger charge is 2.18. The van der Waals surface area contributed by atoms with Crippen LogP contribution < -0.4 is 5.56 Å². The quantitative estimate of drug-likeness (QED) is 0.942. The summed E-state index contributed by atoms with van der Waals surface area (Å²) in [6.45, 7) is 2.18. The molecule has 114 valence electrons. The molecule has 0 fully saturated rings. The highest BCUT2D eigenvalue weighted by atomic mass is 16.4. The highest BCUT2D eigenvalue weighted by molar-refractivity contribution is 5.87. The van der Waals surface area contributed by atoms with Crippen molar-refractivity contribution in [2.75, 3.05) is 0 Å². The molecule has 0 saturated heterocycles. The summed E-state index contributed by atoms with van der Waals surface area (Å²) in [5.41, 5.74) is 2.80. The van der Waals surface area contributed by atoms with Crippen LogP contribution in [0.5, 0.6) is 0 Å². The molecule has 0 bridgehead atoms. The number of rotatable bonds is 3. The van der Waals surface area contributed by atoms with Gasteiger partial charge in [0.2, 0.25) is 0 Å². The minimum atomic E-state index is -0.963. The lowest BCUT2D eigenvalue weighted by Gasteiger charge is -2.18. The highest BCUT2D eigenvalue weighted by Crippen LogP contribution is 2.17. The zero-order valence-electron chi connectivity index (χ0n) is 12.5. The van der Waals surface area contributed by atoms with Crippen LogP contribution in [-0.4, -0.2) is 20.6 Å². The van der Waals surface area contributed by atoms with Gasteiger partial charge in [-0.15, -0.1) is 0 Å². The molecule has 3 rings (SSSR count). The molecule has 1 aliphatic carbocycles. The maximum Gasteiger partial charge on any atom is 0.335 e. The summed E-state index contributed by atoms with van der Waals surface area (Å²) in [5.74, 6) is -0.277. The smallest absolute Gasteiger partial charge is 0.335 e. The molecule has 1 N–H and O–H groups in total. The monoisotopic (exact) mass is 298 g/mol. The van der Waals surface area contributed by atoms with Crippen molar-refractivity contribution in [2.24, 2.45) is 0 Å². The first kappa shape index (κ1) is 14.5. The van der Waals surface area contributed by atoms with E-state index in [0.29, 0.717) is 12.4 Å². The molecule has 0 atom stereocenters. The first-order chi connectivity index (χ1) is 10.6. The van der Waals surface area contributed by atoms with Gasteiger partial charge in [0.05, 0.1) is 17.8 Å². The number of aromatic nitrogens is 2. The Bertz CT molecular complexity index is 793. The van der Waals surface area contributed by atoms with Gasteiger partial charge >= 0.3 is 5.97 Å². The predicted molar refractivity (Wildman–Crippen MR) is 82.4 cm³/mol. The summed E-state index contributed by atoms with van der Waals surface area (Å²) >= 11 is 0. The number of hydrogen-bond donors (Lipinski definition) is 1. The largest absolute Gasteiger partial charge is 0.478 e. The molecular formula is C17H18N2O3. The number of hydrogen-bond acceptors (Lipinski definition) is 3. The number of fused-ring (bicyclic) bond motifs is 1. The zero-order chi connectivity index (χ0) is 15.7. The number of carboxylic acid groups (broad SMARTS) is 1. The van der Waals surface area contributed by atoms with Gasteiger partial charge in [0, 0.05) is 5.56 Å². The Hall–Kier alpha value is -2.43. The summed E-state index contributed by atoms with van der Waals surface area (Å²) < 4.78 is 1.64. The maximum absolute atomic E-state index is 12.7. The van der Waals surface area contributed by atoms with Gasteiger partial charge < -0.3 is 5.11 Å². The molecule has 5 heteroatoms. The predicted octanol–water partition coefficient (Wildman–Crippen LogP) is 2.18. The molecule has 2 aromatic rings. The second-order valence-corrected chi connectivity index (χ2v) is 5.69. The fourth-order valence-electron chi connectivity index (χ4n) is 2.98. The Morgan fingerprint density at radius 3 is 2.86 bits per heavy atom. The van der Waals surface area contributed by atoms with E-state index >= 15 is 0 Å². The van der Waals surface area contributed by atoms with E-state index < -0.39 is 5.97 Å². The van der Waals surface area contributed by atoms with Gasteiger partial charge in [-0.05, 0) is 50.3 Å². The third-order valence-corrected chi connectivity index (χ3v) is 4.14. The Kier molecular flexibility index (Phi) is 3.79. The van der Waals surface area contributed by atoms with Gasteiger partial charge in [-0.2, -0.15) is 0 Å². The van der Waals surface area contributed by atoms with Crippen molar-refractivity contribution in [3.8, 4) is 0 Å². The van der Waals surface area contributed by atoms with Gasteiger partial charge in [0.15, 0.2) is 0 Å². The van der Waals surface area contributed by atoms with Crippen LogP contribution in [-0.2, 0) is 19.4 Å².